The highest BCUT2D eigenvalue weighted by Crippen LogP contribution is 2.24. The fourth-order valence-electron chi connectivity index (χ4n) is 1.96. The molecule has 100 valence electrons. The fourth-order valence-corrected chi connectivity index (χ4v) is 1.96. The fraction of sp³-hybridized carbons (Fsp3) is 0.0769. The smallest absolute Gasteiger partial charge is 0.269 e. The lowest BCUT2D eigenvalue weighted by atomic mass is 10.1. The van der Waals surface area contributed by atoms with E-state index in [1.165, 1.54) is 16.5 Å². The molecular formula is C13H10N4O3. The number of aromatic nitrogens is 3. The molecule has 20 heavy (non-hydrogen) atoms. The molecule has 1 N–H and O–H groups in total. The zero-order valence-corrected chi connectivity index (χ0v) is 10.5. The quantitative estimate of drug-likeness (QED) is 0.569. The van der Waals surface area contributed by atoms with Crippen LogP contribution in [0.4, 0.5) is 5.69 Å². The van der Waals surface area contributed by atoms with Gasteiger partial charge >= 0.3 is 0 Å². The molecule has 0 fully saturated rings. The van der Waals surface area contributed by atoms with E-state index in [1.54, 1.807) is 31.5 Å². The second-order valence-electron chi connectivity index (χ2n) is 4.33. The molecule has 7 nitrogen and oxygen atoms in total. The van der Waals surface area contributed by atoms with Gasteiger partial charge in [-0.25, -0.2) is 4.98 Å². The summed E-state index contributed by atoms with van der Waals surface area (Å²) in [6.45, 7) is 1.70. The molecule has 0 unspecified atom stereocenters. The van der Waals surface area contributed by atoms with Crippen LogP contribution in [0.15, 0.2) is 36.7 Å². The summed E-state index contributed by atoms with van der Waals surface area (Å²) < 4.78 is 1.53. The number of hydrogen-bond acceptors (Lipinski definition) is 5. The molecule has 0 amide bonds. The van der Waals surface area contributed by atoms with Crippen LogP contribution >= 0.6 is 0 Å². The van der Waals surface area contributed by atoms with Crippen LogP contribution in [0.5, 0.6) is 5.88 Å². The molecule has 0 spiro atoms. The predicted octanol–water partition coefficient (Wildman–Crippen LogP) is 2.32. The molecule has 0 aliphatic rings. The molecule has 0 aliphatic heterocycles. The van der Waals surface area contributed by atoms with Gasteiger partial charge in [0.1, 0.15) is 5.69 Å². The normalized spacial score (nSPS) is 10.8. The van der Waals surface area contributed by atoms with Gasteiger partial charge in [-0.15, -0.1) is 0 Å². The molecule has 0 atom stereocenters. The molecule has 0 radical (unpaired) electrons. The second kappa shape index (κ2) is 4.30. The zero-order valence-electron chi connectivity index (χ0n) is 10.5. The Morgan fingerprint density at radius 1 is 1.30 bits per heavy atom. The van der Waals surface area contributed by atoms with Crippen molar-refractivity contribution < 1.29 is 10.0 Å². The Bertz CT molecular complexity index is 808. The van der Waals surface area contributed by atoms with E-state index in [9.17, 15) is 15.2 Å². The average molecular weight is 270 g/mol. The van der Waals surface area contributed by atoms with Gasteiger partial charge in [0.25, 0.3) is 5.69 Å². The number of imidazole rings is 1. The topological polar surface area (TPSA) is 93.6 Å². The summed E-state index contributed by atoms with van der Waals surface area (Å²) >= 11 is 0. The number of nitro benzene ring substituents is 1. The van der Waals surface area contributed by atoms with Crippen LogP contribution in [-0.4, -0.2) is 24.4 Å². The Morgan fingerprint density at radius 3 is 2.65 bits per heavy atom. The summed E-state index contributed by atoms with van der Waals surface area (Å²) in [5.41, 5.74) is 2.41. The molecule has 0 saturated heterocycles. The maximum atomic E-state index is 10.6. The van der Waals surface area contributed by atoms with E-state index in [-0.39, 0.29) is 11.6 Å². The van der Waals surface area contributed by atoms with Crippen molar-refractivity contribution in [2.24, 2.45) is 0 Å². The third kappa shape index (κ3) is 1.85. The maximum absolute atomic E-state index is 10.6. The lowest BCUT2D eigenvalue weighted by Gasteiger charge is -2.02. The van der Waals surface area contributed by atoms with Crippen molar-refractivity contribution >= 4 is 11.3 Å². The summed E-state index contributed by atoms with van der Waals surface area (Å²) in [6, 6.07) is 6.07. The highest BCUT2D eigenvalue weighted by Gasteiger charge is 2.10. The lowest BCUT2D eigenvalue weighted by Crippen LogP contribution is -1.91. The molecule has 3 rings (SSSR count). The van der Waals surface area contributed by atoms with Gasteiger partial charge in [0.2, 0.25) is 5.88 Å². The van der Waals surface area contributed by atoms with Crippen molar-refractivity contribution in [3.8, 4) is 17.1 Å². The first kappa shape index (κ1) is 12.1. The number of rotatable bonds is 2. The van der Waals surface area contributed by atoms with Crippen molar-refractivity contribution in [1.82, 2.24) is 14.4 Å². The summed E-state index contributed by atoms with van der Waals surface area (Å²) in [6.07, 6.45) is 3.19. The highest BCUT2D eigenvalue weighted by molar-refractivity contribution is 5.62. The van der Waals surface area contributed by atoms with Gasteiger partial charge in [0.05, 0.1) is 16.8 Å². The Morgan fingerprint density at radius 2 is 2.00 bits per heavy atom. The minimum absolute atomic E-state index is 0.0242. The Hall–Kier alpha value is -2.96. The third-order valence-electron chi connectivity index (χ3n) is 3.03. The number of benzene rings is 1. The first-order chi connectivity index (χ1) is 9.56. The van der Waals surface area contributed by atoms with Crippen molar-refractivity contribution in [2.75, 3.05) is 0 Å². The Balaban J connectivity index is 2.09. The minimum atomic E-state index is -0.453. The number of nitro groups is 1. The van der Waals surface area contributed by atoms with E-state index in [0.717, 1.165) is 5.56 Å². The molecule has 2 aromatic heterocycles. The van der Waals surface area contributed by atoms with Gasteiger partial charge < -0.3 is 5.11 Å². The van der Waals surface area contributed by atoms with Gasteiger partial charge in [0, 0.05) is 23.9 Å². The number of aromatic hydroxyl groups is 1. The van der Waals surface area contributed by atoms with Crippen LogP contribution in [0.2, 0.25) is 0 Å². The molecule has 3 aromatic rings. The monoisotopic (exact) mass is 270 g/mol. The average Bonchev–Trinajstić information content (AvgIpc) is 2.74. The van der Waals surface area contributed by atoms with Gasteiger partial charge in [-0.05, 0) is 19.1 Å². The Kier molecular flexibility index (Phi) is 2.60. The molecule has 0 bridgehead atoms. The second-order valence-corrected chi connectivity index (χ2v) is 4.33. The number of hydrogen-bond donors (Lipinski definition) is 1. The van der Waals surface area contributed by atoms with Crippen LogP contribution < -0.4 is 0 Å². The number of aryl methyl sites for hydroxylation is 1. The first-order valence-electron chi connectivity index (χ1n) is 5.85. The predicted molar refractivity (Wildman–Crippen MR) is 71.5 cm³/mol. The lowest BCUT2D eigenvalue weighted by molar-refractivity contribution is -0.384. The van der Waals surface area contributed by atoms with Crippen LogP contribution in [0.25, 0.3) is 16.9 Å². The standard InChI is InChI=1S/C13H10N4O3/c1-8-13(18)16-7-11(14-6-12(16)15-8)9-2-4-10(5-3-9)17(19)20/h2-7,18H,1H3. The van der Waals surface area contributed by atoms with Crippen LogP contribution in [-0.2, 0) is 0 Å². The molecule has 7 heteroatoms. The molecule has 0 aliphatic carbocycles. The number of nitrogens with zero attached hydrogens (tertiary/aromatic N) is 4. The van der Waals surface area contributed by atoms with Crippen molar-refractivity contribution in [2.45, 2.75) is 6.92 Å². The van der Waals surface area contributed by atoms with E-state index in [1.807, 2.05) is 0 Å². The van der Waals surface area contributed by atoms with E-state index >= 15 is 0 Å². The largest absolute Gasteiger partial charge is 0.493 e. The van der Waals surface area contributed by atoms with Crippen molar-refractivity contribution in [3.63, 3.8) is 0 Å². The van der Waals surface area contributed by atoms with Gasteiger partial charge in [0.15, 0.2) is 5.65 Å². The summed E-state index contributed by atoms with van der Waals surface area (Å²) in [4.78, 5) is 18.6. The van der Waals surface area contributed by atoms with Crippen LogP contribution in [0, 0.1) is 17.0 Å². The first-order valence-corrected chi connectivity index (χ1v) is 5.85. The van der Waals surface area contributed by atoms with Gasteiger partial charge in [-0.1, -0.05) is 0 Å². The summed E-state index contributed by atoms with van der Waals surface area (Å²) in [5, 5.41) is 20.5. The van der Waals surface area contributed by atoms with E-state index in [2.05, 4.69) is 9.97 Å². The van der Waals surface area contributed by atoms with E-state index in [0.29, 0.717) is 17.0 Å². The maximum Gasteiger partial charge on any atom is 0.269 e. The summed E-state index contributed by atoms with van der Waals surface area (Å²) in [5.74, 6) is 0.0607. The molecular weight excluding hydrogens is 260 g/mol. The minimum Gasteiger partial charge on any atom is -0.493 e. The van der Waals surface area contributed by atoms with Gasteiger partial charge in [-0.3, -0.25) is 19.5 Å². The molecule has 0 saturated carbocycles. The van der Waals surface area contributed by atoms with Crippen LogP contribution in [0.1, 0.15) is 5.69 Å². The third-order valence-corrected chi connectivity index (χ3v) is 3.03. The SMILES string of the molecule is Cc1nc2cnc(-c3ccc([N+](=O)[O-])cc3)cn2c1O. The molecule has 2 heterocycles. The Labute approximate surface area is 113 Å². The zero-order chi connectivity index (χ0) is 14.3. The number of non-ortho nitro benzene ring substituents is 1. The van der Waals surface area contributed by atoms with E-state index in [4.69, 9.17) is 0 Å². The van der Waals surface area contributed by atoms with Crippen LogP contribution in [0.3, 0.4) is 0 Å². The van der Waals surface area contributed by atoms with Crippen molar-refractivity contribution in [1.29, 1.82) is 0 Å². The molecule has 1 aromatic carbocycles. The van der Waals surface area contributed by atoms with Crippen molar-refractivity contribution in [3.05, 3.63) is 52.5 Å². The highest BCUT2D eigenvalue weighted by atomic mass is 16.6. The van der Waals surface area contributed by atoms with E-state index < -0.39 is 4.92 Å². The van der Waals surface area contributed by atoms with Gasteiger partial charge in [-0.2, -0.15) is 0 Å². The number of fused-ring (bicyclic) bond motifs is 1. The summed E-state index contributed by atoms with van der Waals surface area (Å²) in [7, 11) is 0.